The van der Waals surface area contributed by atoms with Gasteiger partial charge in [0.1, 0.15) is 0 Å². The van der Waals surface area contributed by atoms with Gasteiger partial charge in [0.15, 0.2) is 0 Å². The standard InChI is InChI=1S/C22H29N3O3S/c1-3-14-25-15-12-19(13-16-25)23-22(26)18-8-10-20(11-9-18)29(27,28)24-21-7-5-4-6-17(21)2/h4-11,19,24H,3,12-16H2,1-2H3,(H,23,26)/p+1. The SMILES string of the molecule is CCC[NH+]1CCC(NC(=O)c2ccc(S(=O)(=O)Nc3ccccc3C)cc2)CC1. The zero-order valence-corrected chi connectivity index (χ0v) is 17.9. The summed E-state index contributed by atoms with van der Waals surface area (Å²) >= 11 is 0. The third-order valence-corrected chi connectivity index (χ3v) is 6.83. The molecule has 3 rings (SSSR count). The number of likely N-dealkylation sites (tertiary alicyclic amines) is 1. The molecule has 0 radical (unpaired) electrons. The minimum atomic E-state index is -3.70. The number of anilines is 1. The van der Waals surface area contributed by atoms with Gasteiger partial charge in [-0.2, -0.15) is 0 Å². The Kier molecular flexibility index (Phi) is 6.92. The lowest BCUT2D eigenvalue weighted by atomic mass is 10.0. The second kappa shape index (κ2) is 9.41. The Balaban J connectivity index is 1.61. The van der Waals surface area contributed by atoms with E-state index in [4.69, 9.17) is 0 Å². The van der Waals surface area contributed by atoms with Gasteiger partial charge < -0.3 is 10.2 Å². The number of nitrogens with one attached hydrogen (secondary N) is 3. The summed E-state index contributed by atoms with van der Waals surface area (Å²) in [5, 5.41) is 3.09. The molecular weight excluding hydrogens is 386 g/mol. The normalized spacial score (nSPS) is 19.5. The molecule has 0 atom stereocenters. The highest BCUT2D eigenvalue weighted by atomic mass is 32.2. The summed E-state index contributed by atoms with van der Waals surface area (Å²) in [6.45, 7) is 7.40. The molecule has 2 aromatic carbocycles. The highest BCUT2D eigenvalue weighted by molar-refractivity contribution is 7.92. The van der Waals surface area contributed by atoms with E-state index in [-0.39, 0.29) is 16.8 Å². The molecule has 7 heteroatoms. The van der Waals surface area contributed by atoms with Crippen molar-refractivity contribution in [3.05, 3.63) is 59.7 Å². The number of hydrogen-bond donors (Lipinski definition) is 3. The molecule has 3 N–H and O–H groups in total. The minimum Gasteiger partial charge on any atom is -0.349 e. The maximum Gasteiger partial charge on any atom is 0.261 e. The van der Waals surface area contributed by atoms with Crippen molar-refractivity contribution in [1.82, 2.24) is 5.32 Å². The number of amides is 1. The van der Waals surface area contributed by atoms with E-state index in [1.807, 2.05) is 19.1 Å². The summed E-state index contributed by atoms with van der Waals surface area (Å²) in [5.41, 5.74) is 1.87. The monoisotopic (exact) mass is 416 g/mol. The van der Waals surface area contributed by atoms with Crippen LogP contribution < -0.4 is 14.9 Å². The summed E-state index contributed by atoms with van der Waals surface area (Å²) < 4.78 is 27.8. The molecular formula is C22H30N3O3S+. The van der Waals surface area contributed by atoms with E-state index in [1.54, 1.807) is 29.2 Å². The van der Waals surface area contributed by atoms with Gasteiger partial charge >= 0.3 is 0 Å². The number of rotatable bonds is 7. The Hall–Kier alpha value is -2.38. The quantitative estimate of drug-likeness (QED) is 0.646. The van der Waals surface area contributed by atoms with Crippen molar-refractivity contribution in [1.29, 1.82) is 0 Å². The Bertz CT molecular complexity index is 934. The number of carbonyl (C=O) groups is 1. The molecule has 1 aliphatic rings. The van der Waals surface area contributed by atoms with Crippen molar-refractivity contribution in [2.24, 2.45) is 0 Å². The van der Waals surface area contributed by atoms with E-state index in [0.29, 0.717) is 11.3 Å². The number of para-hydroxylation sites is 1. The zero-order valence-electron chi connectivity index (χ0n) is 17.1. The molecule has 1 aliphatic heterocycles. The van der Waals surface area contributed by atoms with Crippen LogP contribution in [-0.2, 0) is 10.0 Å². The van der Waals surface area contributed by atoms with Crippen LogP contribution in [0.2, 0.25) is 0 Å². The van der Waals surface area contributed by atoms with Crippen LogP contribution in [0.15, 0.2) is 53.4 Å². The number of quaternary nitrogens is 1. The Labute approximate surface area is 173 Å². The van der Waals surface area contributed by atoms with Crippen molar-refractivity contribution in [2.45, 2.75) is 44.0 Å². The van der Waals surface area contributed by atoms with Gasteiger partial charge in [-0.05, 0) is 49.2 Å². The van der Waals surface area contributed by atoms with Gasteiger partial charge in [-0.3, -0.25) is 9.52 Å². The van der Waals surface area contributed by atoms with E-state index >= 15 is 0 Å². The zero-order chi connectivity index (χ0) is 20.9. The lowest BCUT2D eigenvalue weighted by molar-refractivity contribution is -0.905. The smallest absolute Gasteiger partial charge is 0.261 e. The average Bonchev–Trinajstić information content (AvgIpc) is 2.71. The number of piperidine rings is 1. The predicted octanol–water partition coefficient (Wildman–Crippen LogP) is 1.98. The van der Waals surface area contributed by atoms with Gasteiger partial charge in [0.2, 0.25) is 0 Å². The first-order chi connectivity index (χ1) is 13.9. The van der Waals surface area contributed by atoms with E-state index in [0.717, 1.165) is 31.5 Å². The molecule has 0 bridgehead atoms. The van der Waals surface area contributed by atoms with Gasteiger partial charge in [0.25, 0.3) is 15.9 Å². The molecule has 0 unspecified atom stereocenters. The van der Waals surface area contributed by atoms with Crippen LogP contribution in [0.1, 0.15) is 42.1 Å². The van der Waals surface area contributed by atoms with Crippen molar-refractivity contribution in [3.63, 3.8) is 0 Å². The largest absolute Gasteiger partial charge is 0.349 e. The molecule has 29 heavy (non-hydrogen) atoms. The fraction of sp³-hybridized carbons (Fsp3) is 0.409. The summed E-state index contributed by atoms with van der Waals surface area (Å²) in [5.74, 6) is -0.148. The first-order valence-corrected chi connectivity index (χ1v) is 11.7. The van der Waals surface area contributed by atoms with Crippen LogP contribution in [0.5, 0.6) is 0 Å². The highest BCUT2D eigenvalue weighted by Crippen LogP contribution is 2.19. The molecule has 1 heterocycles. The van der Waals surface area contributed by atoms with Crippen molar-refractivity contribution < 1.29 is 18.1 Å². The van der Waals surface area contributed by atoms with Crippen LogP contribution in [0.25, 0.3) is 0 Å². The molecule has 2 aromatic rings. The first kappa shape index (κ1) is 21.3. The van der Waals surface area contributed by atoms with Crippen molar-refractivity contribution in [2.75, 3.05) is 24.4 Å². The summed E-state index contributed by atoms with van der Waals surface area (Å²) in [6.07, 6.45) is 3.14. The molecule has 0 spiro atoms. The fourth-order valence-corrected chi connectivity index (χ4v) is 4.85. The molecule has 6 nitrogen and oxygen atoms in total. The summed E-state index contributed by atoms with van der Waals surface area (Å²) in [6, 6.07) is 13.5. The van der Waals surface area contributed by atoms with Gasteiger partial charge in [-0.1, -0.05) is 25.1 Å². The Morgan fingerprint density at radius 1 is 1.07 bits per heavy atom. The molecule has 0 saturated carbocycles. The van der Waals surface area contributed by atoms with Crippen LogP contribution in [-0.4, -0.2) is 40.0 Å². The Morgan fingerprint density at radius 2 is 1.72 bits per heavy atom. The van der Waals surface area contributed by atoms with Gasteiger partial charge in [-0.15, -0.1) is 0 Å². The second-order valence-electron chi connectivity index (χ2n) is 7.69. The van der Waals surface area contributed by atoms with E-state index in [2.05, 4.69) is 17.0 Å². The average molecular weight is 417 g/mol. The number of aryl methyl sites for hydroxylation is 1. The predicted molar refractivity (Wildman–Crippen MR) is 115 cm³/mol. The summed E-state index contributed by atoms with van der Waals surface area (Å²) in [4.78, 5) is 14.3. The van der Waals surface area contributed by atoms with E-state index in [9.17, 15) is 13.2 Å². The molecule has 0 aliphatic carbocycles. The third kappa shape index (κ3) is 5.58. The second-order valence-corrected chi connectivity index (χ2v) is 9.37. The topological polar surface area (TPSA) is 79.7 Å². The molecule has 1 fully saturated rings. The first-order valence-electron chi connectivity index (χ1n) is 10.2. The molecule has 1 amide bonds. The van der Waals surface area contributed by atoms with Crippen LogP contribution in [0.4, 0.5) is 5.69 Å². The van der Waals surface area contributed by atoms with Crippen molar-refractivity contribution in [3.8, 4) is 0 Å². The lowest BCUT2D eigenvalue weighted by Crippen LogP contribution is -3.13. The van der Waals surface area contributed by atoms with Crippen LogP contribution >= 0.6 is 0 Å². The molecule has 1 saturated heterocycles. The minimum absolute atomic E-state index is 0.133. The van der Waals surface area contributed by atoms with Gasteiger partial charge in [0, 0.05) is 24.4 Å². The number of hydrogen-bond acceptors (Lipinski definition) is 3. The van der Waals surface area contributed by atoms with Gasteiger partial charge in [-0.25, -0.2) is 8.42 Å². The van der Waals surface area contributed by atoms with Crippen molar-refractivity contribution >= 4 is 21.6 Å². The van der Waals surface area contributed by atoms with Gasteiger partial charge in [0.05, 0.1) is 30.2 Å². The maximum absolute atomic E-state index is 12.6. The fourth-order valence-electron chi connectivity index (χ4n) is 3.72. The highest BCUT2D eigenvalue weighted by Gasteiger charge is 2.23. The van der Waals surface area contributed by atoms with E-state index < -0.39 is 10.0 Å². The molecule has 156 valence electrons. The third-order valence-electron chi connectivity index (χ3n) is 5.45. The number of benzene rings is 2. The number of sulfonamides is 1. The number of carbonyl (C=O) groups excluding carboxylic acids is 1. The molecule has 0 aromatic heterocycles. The van der Waals surface area contributed by atoms with Crippen LogP contribution in [0, 0.1) is 6.92 Å². The lowest BCUT2D eigenvalue weighted by Gasteiger charge is -2.29. The van der Waals surface area contributed by atoms with E-state index in [1.165, 1.54) is 25.1 Å². The van der Waals surface area contributed by atoms with Crippen LogP contribution in [0.3, 0.4) is 0 Å². The maximum atomic E-state index is 12.6. The Morgan fingerprint density at radius 3 is 2.34 bits per heavy atom. The summed E-state index contributed by atoms with van der Waals surface area (Å²) in [7, 11) is -3.70.